The Hall–Kier alpha value is -1.77. The highest BCUT2D eigenvalue weighted by Crippen LogP contribution is 2.32. The number of methoxy groups -OCH3 is 1. The molecule has 0 radical (unpaired) electrons. The van der Waals surface area contributed by atoms with Crippen LogP contribution in [0.25, 0.3) is 0 Å². The molecule has 3 nitrogen and oxygen atoms in total. The molecule has 0 amide bonds. The number of ether oxygens (including phenoxy) is 2. The molecule has 18 heavy (non-hydrogen) atoms. The van der Waals surface area contributed by atoms with Crippen LogP contribution in [0.3, 0.4) is 0 Å². The van der Waals surface area contributed by atoms with Crippen molar-refractivity contribution in [1.82, 2.24) is 0 Å². The molecule has 0 heterocycles. The van der Waals surface area contributed by atoms with Crippen molar-refractivity contribution in [3.8, 4) is 11.5 Å². The molecule has 2 rings (SSSR count). The van der Waals surface area contributed by atoms with E-state index in [9.17, 15) is 4.79 Å². The van der Waals surface area contributed by atoms with Gasteiger partial charge in [0.1, 0.15) is 0 Å². The minimum Gasteiger partial charge on any atom is -0.493 e. The smallest absolute Gasteiger partial charge is 0.314 e. The van der Waals surface area contributed by atoms with Gasteiger partial charge in [-0.15, -0.1) is 6.58 Å². The Morgan fingerprint density at radius 3 is 2.78 bits per heavy atom. The third-order valence-corrected chi connectivity index (χ3v) is 3.26. The van der Waals surface area contributed by atoms with Gasteiger partial charge in [0.15, 0.2) is 11.5 Å². The Bertz CT molecular complexity index is 447. The molecule has 1 aliphatic rings. The van der Waals surface area contributed by atoms with Gasteiger partial charge >= 0.3 is 5.97 Å². The summed E-state index contributed by atoms with van der Waals surface area (Å²) in [7, 11) is 1.58. The highest BCUT2D eigenvalue weighted by molar-refractivity contribution is 5.76. The molecule has 3 heteroatoms. The fraction of sp³-hybridized carbons (Fsp3) is 0.400. The number of hydrogen-bond donors (Lipinski definition) is 0. The topological polar surface area (TPSA) is 35.5 Å². The summed E-state index contributed by atoms with van der Waals surface area (Å²) in [6.07, 6.45) is 5.60. The second kappa shape index (κ2) is 5.71. The molecular formula is C15H18O3. The molecule has 0 spiro atoms. The minimum atomic E-state index is -0.143. The third-order valence-electron chi connectivity index (χ3n) is 3.26. The Balaban J connectivity index is 2.11. The molecule has 96 valence electrons. The van der Waals surface area contributed by atoms with Gasteiger partial charge in [-0.3, -0.25) is 4.79 Å². The van der Waals surface area contributed by atoms with E-state index in [-0.39, 0.29) is 11.9 Å². The van der Waals surface area contributed by atoms with Gasteiger partial charge in [0.05, 0.1) is 13.0 Å². The highest BCUT2D eigenvalue weighted by atomic mass is 16.6. The van der Waals surface area contributed by atoms with E-state index < -0.39 is 0 Å². The zero-order valence-corrected chi connectivity index (χ0v) is 10.6. The maximum absolute atomic E-state index is 11.8. The van der Waals surface area contributed by atoms with Crippen LogP contribution < -0.4 is 9.47 Å². The molecule has 1 fully saturated rings. The Morgan fingerprint density at radius 2 is 2.22 bits per heavy atom. The summed E-state index contributed by atoms with van der Waals surface area (Å²) in [6.45, 7) is 3.70. The lowest BCUT2D eigenvalue weighted by Gasteiger charge is -2.23. The standard InChI is InChI=1S/C15H18O3/c1-3-5-11-8-9-13(14(10-11)17-2)18-15(16)12-6-4-7-12/h3,8-10,12H,1,4-7H2,2H3. The van der Waals surface area contributed by atoms with Crippen LogP contribution in [0.4, 0.5) is 0 Å². The lowest BCUT2D eigenvalue weighted by Crippen LogP contribution is -2.26. The summed E-state index contributed by atoms with van der Waals surface area (Å²) >= 11 is 0. The number of hydrogen-bond acceptors (Lipinski definition) is 3. The van der Waals surface area contributed by atoms with Gasteiger partial charge in [-0.05, 0) is 37.0 Å². The zero-order chi connectivity index (χ0) is 13.0. The summed E-state index contributed by atoms with van der Waals surface area (Å²) in [5.74, 6) is 1.03. The number of allylic oxidation sites excluding steroid dienone is 1. The van der Waals surface area contributed by atoms with Crippen LogP contribution in [0.15, 0.2) is 30.9 Å². The van der Waals surface area contributed by atoms with Gasteiger partial charge in [0, 0.05) is 0 Å². The molecule has 1 aromatic rings. The second-order valence-electron chi connectivity index (χ2n) is 4.53. The predicted molar refractivity (Wildman–Crippen MR) is 69.9 cm³/mol. The third kappa shape index (κ3) is 2.73. The second-order valence-corrected chi connectivity index (χ2v) is 4.53. The average molecular weight is 246 g/mol. The van der Waals surface area contributed by atoms with Crippen LogP contribution in [-0.4, -0.2) is 13.1 Å². The number of carbonyl (C=O) groups is 1. The predicted octanol–water partition coefficient (Wildman–Crippen LogP) is 3.13. The lowest BCUT2D eigenvalue weighted by molar-refractivity contribution is -0.141. The Labute approximate surface area is 107 Å². The van der Waals surface area contributed by atoms with Crippen molar-refractivity contribution in [3.63, 3.8) is 0 Å². The Morgan fingerprint density at radius 1 is 1.44 bits per heavy atom. The van der Waals surface area contributed by atoms with Crippen LogP contribution in [0.5, 0.6) is 11.5 Å². The molecule has 0 bridgehead atoms. The first-order valence-corrected chi connectivity index (χ1v) is 6.24. The van der Waals surface area contributed by atoms with Gasteiger partial charge in [0.25, 0.3) is 0 Å². The fourth-order valence-corrected chi connectivity index (χ4v) is 1.93. The van der Waals surface area contributed by atoms with Crippen molar-refractivity contribution in [2.45, 2.75) is 25.7 Å². The molecule has 0 saturated heterocycles. The summed E-state index contributed by atoms with van der Waals surface area (Å²) in [5, 5.41) is 0. The van der Waals surface area contributed by atoms with Crippen LogP contribution in [0.2, 0.25) is 0 Å². The van der Waals surface area contributed by atoms with Crippen LogP contribution >= 0.6 is 0 Å². The van der Waals surface area contributed by atoms with E-state index in [1.807, 2.05) is 18.2 Å². The summed E-state index contributed by atoms with van der Waals surface area (Å²) in [5.41, 5.74) is 1.09. The minimum absolute atomic E-state index is 0.0718. The van der Waals surface area contributed by atoms with E-state index in [0.717, 1.165) is 31.2 Å². The highest BCUT2D eigenvalue weighted by Gasteiger charge is 2.27. The summed E-state index contributed by atoms with van der Waals surface area (Å²) in [4.78, 5) is 11.8. The van der Waals surface area contributed by atoms with Gasteiger partial charge < -0.3 is 9.47 Å². The van der Waals surface area contributed by atoms with E-state index in [1.165, 1.54) is 0 Å². The maximum Gasteiger partial charge on any atom is 0.314 e. The van der Waals surface area contributed by atoms with Gasteiger partial charge in [-0.25, -0.2) is 0 Å². The first kappa shape index (κ1) is 12.7. The number of esters is 1. The van der Waals surface area contributed by atoms with Crippen molar-refractivity contribution >= 4 is 5.97 Å². The van der Waals surface area contributed by atoms with E-state index in [2.05, 4.69) is 6.58 Å². The number of rotatable bonds is 5. The molecule has 0 aromatic heterocycles. The quantitative estimate of drug-likeness (QED) is 0.455. The SMILES string of the molecule is C=CCc1ccc(OC(=O)C2CCC2)c(OC)c1. The monoisotopic (exact) mass is 246 g/mol. The summed E-state index contributed by atoms with van der Waals surface area (Å²) < 4.78 is 10.6. The van der Waals surface area contributed by atoms with Crippen molar-refractivity contribution in [2.75, 3.05) is 7.11 Å². The molecule has 1 saturated carbocycles. The largest absolute Gasteiger partial charge is 0.493 e. The lowest BCUT2D eigenvalue weighted by atomic mass is 9.86. The van der Waals surface area contributed by atoms with E-state index in [0.29, 0.717) is 11.5 Å². The number of benzene rings is 1. The van der Waals surface area contributed by atoms with Gasteiger partial charge in [0.2, 0.25) is 0 Å². The van der Waals surface area contributed by atoms with Crippen LogP contribution in [-0.2, 0) is 11.2 Å². The summed E-state index contributed by atoms with van der Waals surface area (Å²) in [6, 6.07) is 5.59. The van der Waals surface area contributed by atoms with Crippen molar-refractivity contribution in [2.24, 2.45) is 5.92 Å². The van der Waals surface area contributed by atoms with E-state index in [4.69, 9.17) is 9.47 Å². The molecule has 0 aliphatic heterocycles. The first-order chi connectivity index (χ1) is 8.74. The van der Waals surface area contributed by atoms with Gasteiger partial charge in [-0.2, -0.15) is 0 Å². The van der Waals surface area contributed by atoms with Crippen molar-refractivity contribution in [1.29, 1.82) is 0 Å². The Kier molecular flexibility index (Phi) is 4.03. The van der Waals surface area contributed by atoms with E-state index >= 15 is 0 Å². The molecule has 1 aliphatic carbocycles. The number of carbonyl (C=O) groups excluding carboxylic acids is 1. The molecular weight excluding hydrogens is 228 g/mol. The van der Waals surface area contributed by atoms with Crippen molar-refractivity contribution in [3.05, 3.63) is 36.4 Å². The van der Waals surface area contributed by atoms with Gasteiger partial charge in [-0.1, -0.05) is 18.6 Å². The van der Waals surface area contributed by atoms with Crippen LogP contribution in [0, 0.1) is 5.92 Å². The molecule has 0 unspecified atom stereocenters. The fourth-order valence-electron chi connectivity index (χ4n) is 1.93. The first-order valence-electron chi connectivity index (χ1n) is 6.24. The molecule has 1 aromatic carbocycles. The van der Waals surface area contributed by atoms with Crippen molar-refractivity contribution < 1.29 is 14.3 Å². The average Bonchev–Trinajstić information content (AvgIpc) is 2.29. The van der Waals surface area contributed by atoms with E-state index in [1.54, 1.807) is 13.2 Å². The van der Waals surface area contributed by atoms with Crippen LogP contribution in [0.1, 0.15) is 24.8 Å². The normalized spacial score (nSPS) is 14.7. The maximum atomic E-state index is 11.8. The zero-order valence-electron chi connectivity index (χ0n) is 10.6. The molecule has 0 N–H and O–H groups in total. The molecule has 0 atom stereocenters.